The second-order valence-electron chi connectivity index (χ2n) is 5.46. The molecular weight excluding hydrogens is 324 g/mol. The number of aromatic nitrogens is 3. The molecule has 1 atom stereocenters. The Morgan fingerprint density at radius 1 is 1.17 bits per heavy atom. The fourth-order valence-corrected chi connectivity index (χ4v) is 2.92. The van der Waals surface area contributed by atoms with Crippen LogP contribution in [0.15, 0.2) is 60.9 Å². The predicted molar refractivity (Wildman–Crippen MR) is 94.2 cm³/mol. The van der Waals surface area contributed by atoms with Gasteiger partial charge >= 0.3 is 0 Å². The average Bonchev–Trinajstić information content (AvgIpc) is 3.10. The van der Waals surface area contributed by atoms with Crippen molar-refractivity contribution in [3.8, 4) is 5.75 Å². The molecule has 0 amide bonds. The number of allylic oxidation sites excluding steroid dienone is 1. The molecule has 2 aromatic carbocycles. The van der Waals surface area contributed by atoms with Crippen LogP contribution in [0.25, 0.3) is 5.70 Å². The van der Waals surface area contributed by atoms with Gasteiger partial charge in [-0.1, -0.05) is 35.9 Å². The van der Waals surface area contributed by atoms with E-state index < -0.39 is 0 Å². The number of halogens is 1. The monoisotopic (exact) mass is 338 g/mol. The molecule has 1 N–H and O–H groups in total. The zero-order valence-electron chi connectivity index (χ0n) is 13.0. The maximum atomic E-state index is 6.01. The van der Waals surface area contributed by atoms with Gasteiger partial charge in [-0.3, -0.25) is 0 Å². The van der Waals surface area contributed by atoms with Crippen molar-refractivity contribution in [2.24, 2.45) is 0 Å². The first-order valence-corrected chi connectivity index (χ1v) is 7.90. The Balaban J connectivity index is 1.79. The zero-order valence-corrected chi connectivity index (χ0v) is 13.7. The molecule has 0 aliphatic carbocycles. The predicted octanol–water partition coefficient (Wildman–Crippen LogP) is 4.00. The minimum Gasteiger partial charge on any atom is -0.497 e. The molecule has 0 spiro atoms. The zero-order chi connectivity index (χ0) is 16.5. The number of hydrogen-bond donors (Lipinski definition) is 1. The lowest BCUT2D eigenvalue weighted by atomic mass is 10.0. The van der Waals surface area contributed by atoms with Gasteiger partial charge < -0.3 is 10.1 Å². The summed E-state index contributed by atoms with van der Waals surface area (Å²) < 4.78 is 7.18. The fourth-order valence-electron chi connectivity index (χ4n) is 2.79. The number of anilines is 1. The summed E-state index contributed by atoms with van der Waals surface area (Å²) in [4.78, 5) is 4.31. The van der Waals surface area contributed by atoms with Gasteiger partial charge in [0.1, 0.15) is 18.1 Å². The van der Waals surface area contributed by atoms with Crippen LogP contribution in [0.2, 0.25) is 5.02 Å². The molecule has 4 rings (SSSR count). The van der Waals surface area contributed by atoms with E-state index in [-0.39, 0.29) is 6.04 Å². The minimum absolute atomic E-state index is 0.0535. The highest BCUT2D eigenvalue weighted by Crippen LogP contribution is 2.33. The average molecular weight is 339 g/mol. The van der Waals surface area contributed by atoms with Gasteiger partial charge in [0.25, 0.3) is 0 Å². The van der Waals surface area contributed by atoms with Gasteiger partial charge in [0.2, 0.25) is 5.95 Å². The van der Waals surface area contributed by atoms with E-state index in [9.17, 15) is 0 Å². The number of rotatable bonds is 3. The third kappa shape index (κ3) is 2.63. The normalized spacial score (nSPS) is 16.1. The first-order valence-electron chi connectivity index (χ1n) is 7.53. The van der Waals surface area contributed by atoms with E-state index in [4.69, 9.17) is 16.3 Å². The third-order valence-electron chi connectivity index (χ3n) is 4.00. The molecule has 6 heteroatoms. The maximum Gasteiger partial charge on any atom is 0.226 e. The lowest BCUT2D eigenvalue weighted by Crippen LogP contribution is -2.20. The Hall–Kier alpha value is -2.79. The van der Waals surface area contributed by atoms with Crippen LogP contribution >= 0.6 is 11.6 Å². The first-order chi connectivity index (χ1) is 11.7. The maximum absolute atomic E-state index is 6.01. The van der Waals surface area contributed by atoms with Crippen LogP contribution in [0.3, 0.4) is 0 Å². The highest BCUT2D eigenvalue weighted by atomic mass is 35.5. The Bertz CT molecular complexity index is 901. The molecule has 0 saturated heterocycles. The number of nitrogens with zero attached hydrogens (tertiary/aromatic N) is 3. The van der Waals surface area contributed by atoms with Gasteiger partial charge in [-0.2, -0.15) is 10.1 Å². The van der Waals surface area contributed by atoms with Crippen LogP contribution in [0.5, 0.6) is 5.75 Å². The van der Waals surface area contributed by atoms with Gasteiger partial charge in [0.15, 0.2) is 0 Å². The van der Waals surface area contributed by atoms with Crippen molar-refractivity contribution in [2.45, 2.75) is 6.04 Å². The SMILES string of the molecule is COc1cccc(C2=CC(c3ccc(Cl)cc3)n3ncnc3N2)c1. The standard InChI is InChI=1S/C18H15ClN4O/c1-24-15-4-2-3-13(9-15)16-10-17(12-5-7-14(19)8-6-12)23-18(22-16)20-11-21-23/h2-11,17H,1H3,(H,20,21,22). The summed E-state index contributed by atoms with van der Waals surface area (Å²) in [5.41, 5.74) is 3.09. The number of fused-ring (bicyclic) bond motifs is 1. The molecule has 1 aliphatic rings. The summed E-state index contributed by atoms with van der Waals surface area (Å²) in [5, 5.41) is 8.38. The molecule has 1 aliphatic heterocycles. The Labute approximate surface area is 144 Å². The molecule has 0 fully saturated rings. The van der Waals surface area contributed by atoms with Gasteiger partial charge in [-0.05, 0) is 35.9 Å². The quantitative estimate of drug-likeness (QED) is 0.784. The molecular formula is C18H15ClN4O. The summed E-state index contributed by atoms with van der Waals surface area (Å²) in [7, 11) is 1.66. The summed E-state index contributed by atoms with van der Waals surface area (Å²) in [6.45, 7) is 0. The summed E-state index contributed by atoms with van der Waals surface area (Å²) in [5.74, 6) is 1.51. The number of hydrogen-bond acceptors (Lipinski definition) is 4. The molecule has 2 heterocycles. The largest absolute Gasteiger partial charge is 0.497 e. The molecule has 1 unspecified atom stereocenters. The first kappa shape index (κ1) is 14.8. The van der Waals surface area contributed by atoms with Crippen LogP contribution in [0.1, 0.15) is 17.2 Å². The summed E-state index contributed by atoms with van der Waals surface area (Å²) in [6.07, 6.45) is 3.67. The number of ether oxygens (including phenoxy) is 1. The Morgan fingerprint density at radius 2 is 2.00 bits per heavy atom. The van der Waals surface area contributed by atoms with Crippen molar-refractivity contribution in [2.75, 3.05) is 12.4 Å². The van der Waals surface area contributed by atoms with Crippen molar-refractivity contribution in [1.29, 1.82) is 0 Å². The van der Waals surface area contributed by atoms with E-state index >= 15 is 0 Å². The van der Waals surface area contributed by atoms with Crippen LogP contribution in [-0.2, 0) is 0 Å². The van der Waals surface area contributed by atoms with Crippen molar-refractivity contribution < 1.29 is 4.74 Å². The third-order valence-corrected chi connectivity index (χ3v) is 4.25. The topological polar surface area (TPSA) is 52.0 Å². The van der Waals surface area contributed by atoms with Gasteiger partial charge in [0.05, 0.1) is 7.11 Å². The molecule has 3 aromatic rings. The smallest absolute Gasteiger partial charge is 0.226 e. The van der Waals surface area contributed by atoms with Gasteiger partial charge in [-0.15, -0.1) is 0 Å². The van der Waals surface area contributed by atoms with Crippen molar-refractivity contribution in [1.82, 2.24) is 14.8 Å². The molecule has 24 heavy (non-hydrogen) atoms. The molecule has 0 saturated carbocycles. The van der Waals surface area contributed by atoms with E-state index in [1.54, 1.807) is 13.4 Å². The van der Waals surface area contributed by atoms with E-state index in [0.29, 0.717) is 11.0 Å². The van der Waals surface area contributed by atoms with Crippen molar-refractivity contribution in [3.05, 3.63) is 77.1 Å². The molecule has 120 valence electrons. The van der Waals surface area contributed by atoms with Crippen LogP contribution < -0.4 is 10.1 Å². The second kappa shape index (κ2) is 6.02. The van der Waals surface area contributed by atoms with E-state index in [2.05, 4.69) is 21.5 Å². The minimum atomic E-state index is -0.0535. The van der Waals surface area contributed by atoms with Crippen LogP contribution in [0.4, 0.5) is 5.95 Å². The Kier molecular flexibility index (Phi) is 3.70. The van der Waals surface area contributed by atoms with E-state index in [1.165, 1.54) is 0 Å². The highest BCUT2D eigenvalue weighted by Gasteiger charge is 2.23. The molecule has 1 aromatic heterocycles. The van der Waals surface area contributed by atoms with Crippen LogP contribution in [0, 0.1) is 0 Å². The van der Waals surface area contributed by atoms with Crippen LogP contribution in [-0.4, -0.2) is 21.9 Å². The lowest BCUT2D eigenvalue weighted by molar-refractivity contribution is 0.414. The summed E-state index contributed by atoms with van der Waals surface area (Å²) >= 11 is 6.01. The fraction of sp³-hybridized carbons (Fsp3) is 0.111. The van der Waals surface area contributed by atoms with E-state index in [0.717, 1.165) is 22.6 Å². The molecule has 0 radical (unpaired) electrons. The van der Waals surface area contributed by atoms with Crippen molar-refractivity contribution >= 4 is 23.2 Å². The number of nitrogens with one attached hydrogen (secondary N) is 1. The number of benzene rings is 2. The van der Waals surface area contributed by atoms with E-state index in [1.807, 2.05) is 53.2 Å². The van der Waals surface area contributed by atoms with Crippen molar-refractivity contribution in [3.63, 3.8) is 0 Å². The summed E-state index contributed by atoms with van der Waals surface area (Å²) in [6, 6.07) is 15.6. The Morgan fingerprint density at radius 3 is 2.79 bits per heavy atom. The molecule has 5 nitrogen and oxygen atoms in total. The van der Waals surface area contributed by atoms with Gasteiger partial charge in [-0.25, -0.2) is 4.68 Å². The highest BCUT2D eigenvalue weighted by molar-refractivity contribution is 6.30. The second-order valence-corrected chi connectivity index (χ2v) is 5.90. The molecule has 0 bridgehead atoms. The number of methoxy groups -OCH3 is 1. The van der Waals surface area contributed by atoms with Gasteiger partial charge in [0, 0.05) is 16.3 Å². The lowest BCUT2D eigenvalue weighted by Gasteiger charge is -2.24.